The number of aromatic nitrogens is 2. The van der Waals surface area contributed by atoms with Gasteiger partial charge in [0.1, 0.15) is 11.4 Å². The Hall–Kier alpha value is -3.05. The molecule has 3 heterocycles. The Morgan fingerprint density at radius 2 is 1.93 bits per heavy atom. The number of aryl methyl sites for hydroxylation is 1. The van der Waals surface area contributed by atoms with Crippen molar-refractivity contribution in [2.75, 3.05) is 4.90 Å². The Kier molecular flexibility index (Phi) is 4.69. The van der Waals surface area contributed by atoms with Gasteiger partial charge in [-0.25, -0.2) is 4.98 Å². The van der Waals surface area contributed by atoms with E-state index >= 15 is 0 Å². The molecule has 0 atom stereocenters. The van der Waals surface area contributed by atoms with Gasteiger partial charge in [0.15, 0.2) is 0 Å². The van der Waals surface area contributed by atoms with Crippen LogP contribution >= 0.6 is 11.6 Å². The molecule has 0 saturated heterocycles. The second kappa shape index (κ2) is 7.29. The van der Waals surface area contributed by atoms with E-state index in [1.165, 1.54) is 9.96 Å². The highest BCUT2D eigenvalue weighted by Gasteiger charge is 2.12. The van der Waals surface area contributed by atoms with Gasteiger partial charge in [-0.15, -0.1) is 0 Å². The lowest BCUT2D eigenvalue weighted by molar-refractivity contribution is 0.501. The van der Waals surface area contributed by atoms with E-state index in [0.29, 0.717) is 29.5 Å². The number of anilines is 1. The van der Waals surface area contributed by atoms with Crippen LogP contribution < -0.4 is 10.5 Å². The van der Waals surface area contributed by atoms with Crippen molar-refractivity contribution < 1.29 is 4.42 Å². The number of hydrogen-bond donors (Lipinski definition) is 0. The highest BCUT2D eigenvalue weighted by atomic mass is 35.5. The standard InChI is InChI=1S/C21H18ClN3O2/c1-15-4-7-18(8-5-15)24(14-19-3-2-10-27-19)13-17-11-21(26)25-12-16(22)6-9-20(25)23-17/h2-12H,13-14H2,1H3. The molecule has 4 rings (SSSR count). The first-order valence-corrected chi connectivity index (χ1v) is 8.98. The second-order valence-corrected chi connectivity index (χ2v) is 6.87. The second-order valence-electron chi connectivity index (χ2n) is 6.43. The van der Waals surface area contributed by atoms with Crippen molar-refractivity contribution in [3.8, 4) is 0 Å². The largest absolute Gasteiger partial charge is 0.467 e. The lowest BCUT2D eigenvalue weighted by atomic mass is 10.2. The van der Waals surface area contributed by atoms with Gasteiger partial charge in [0.05, 0.1) is 30.1 Å². The van der Waals surface area contributed by atoms with E-state index in [1.54, 1.807) is 30.7 Å². The molecule has 0 unspecified atom stereocenters. The summed E-state index contributed by atoms with van der Waals surface area (Å²) < 4.78 is 6.96. The van der Waals surface area contributed by atoms with Gasteiger partial charge >= 0.3 is 0 Å². The maximum Gasteiger partial charge on any atom is 0.258 e. The number of rotatable bonds is 5. The van der Waals surface area contributed by atoms with Gasteiger partial charge in [0.2, 0.25) is 0 Å². The normalized spacial score (nSPS) is 11.0. The zero-order valence-corrected chi connectivity index (χ0v) is 15.6. The van der Waals surface area contributed by atoms with Crippen molar-refractivity contribution in [3.63, 3.8) is 0 Å². The minimum atomic E-state index is -0.153. The number of nitrogens with zero attached hydrogens (tertiary/aromatic N) is 3. The number of furan rings is 1. The van der Waals surface area contributed by atoms with Crippen LogP contribution in [0.25, 0.3) is 5.65 Å². The Balaban J connectivity index is 1.70. The van der Waals surface area contributed by atoms with Crippen LogP contribution in [0, 0.1) is 6.92 Å². The van der Waals surface area contributed by atoms with Crippen LogP contribution in [0.4, 0.5) is 5.69 Å². The van der Waals surface area contributed by atoms with Crippen molar-refractivity contribution in [3.05, 3.63) is 99.5 Å². The maximum absolute atomic E-state index is 12.5. The number of halogens is 1. The third-order valence-corrected chi connectivity index (χ3v) is 4.58. The summed E-state index contributed by atoms with van der Waals surface area (Å²) in [6, 6.07) is 17.1. The molecule has 0 spiro atoms. The molecule has 4 aromatic rings. The Bertz CT molecular complexity index is 1120. The van der Waals surface area contributed by atoms with E-state index in [-0.39, 0.29) is 5.56 Å². The van der Waals surface area contributed by atoms with Crippen LogP contribution in [0.15, 0.2) is 76.3 Å². The predicted molar refractivity (Wildman–Crippen MR) is 106 cm³/mol. The molecule has 0 saturated carbocycles. The third-order valence-electron chi connectivity index (χ3n) is 4.36. The topological polar surface area (TPSA) is 50.8 Å². The highest BCUT2D eigenvalue weighted by molar-refractivity contribution is 6.30. The summed E-state index contributed by atoms with van der Waals surface area (Å²) in [7, 11) is 0. The maximum atomic E-state index is 12.5. The van der Waals surface area contributed by atoms with Crippen LogP contribution in [-0.4, -0.2) is 9.38 Å². The van der Waals surface area contributed by atoms with Gasteiger partial charge < -0.3 is 9.32 Å². The summed E-state index contributed by atoms with van der Waals surface area (Å²) in [6.07, 6.45) is 3.24. The van der Waals surface area contributed by atoms with E-state index in [1.807, 2.05) is 12.1 Å². The lowest BCUT2D eigenvalue weighted by Crippen LogP contribution is -2.24. The van der Waals surface area contributed by atoms with Crippen LogP contribution in [0.5, 0.6) is 0 Å². The molecule has 3 aromatic heterocycles. The molecule has 0 fully saturated rings. The molecule has 136 valence electrons. The van der Waals surface area contributed by atoms with E-state index in [4.69, 9.17) is 16.0 Å². The first kappa shape index (κ1) is 17.4. The molecule has 0 aliphatic heterocycles. The van der Waals surface area contributed by atoms with Gasteiger partial charge in [-0.3, -0.25) is 9.20 Å². The minimum Gasteiger partial charge on any atom is -0.467 e. The molecular formula is C21H18ClN3O2. The monoisotopic (exact) mass is 379 g/mol. The molecule has 5 nitrogen and oxygen atoms in total. The smallest absolute Gasteiger partial charge is 0.258 e. The summed E-state index contributed by atoms with van der Waals surface area (Å²) >= 11 is 5.98. The van der Waals surface area contributed by atoms with Crippen molar-refractivity contribution in [1.82, 2.24) is 9.38 Å². The SMILES string of the molecule is Cc1ccc(N(Cc2cc(=O)n3cc(Cl)ccc3n2)Cc2ccco2)cc1. The van der Waals surface area contributed by atoms with Gasteiger partial charge in [-0.1, -0.05) is 29.3 Å². The zero-order valence-electron chi connectivity index (χ0n) is 14.8. The highest BCUT2D eigenvalue weighted by Crippen LogP contribution is 2.20. The van der Waals surface area contributed by atoms with Crippen LogP contribution in [-0.2, 0) is 13.1 Å². The average molecular weight is 380 g/mol. The summed E-state index contributed by atoms with van der Waals surface area (Å²) in [4.78, 5) is 19.2. The number of fused-ring (bicyclic) bond motifs is 1. The molecule has 0 aliphatic rings. The molecule has 0 aliphatic carbocycles. The van der Waals surface area contributed by atoms with E-state index < -0.39 is 0 Å². The third kappa shape index (κ3) is 3.88. The van der Waals surface area contributed by atoms with Gasteiger partial charge in [0.25, 0.3) is 5.56 Å². The quantitative estimate of drug-likeness (QED) is 0.514. The average Bonchev–Trinajstić information content (AvgIpc) is 3.16. The molecule has 0 N–H and O–H groups in total. The predicted octanol–water partition coefficient (Wildman–Crippen LogP) is 4.46. The Labute approximate surface area is 161 Å². The molecule has 0 bridgehead atoms. The molecule has 1 aromatic carbocycles. The summed E-state index contributed by atoms with van der Waals surface area (Å²) in [5, 5.41) is 0.498. The van der Waals surface area contributed by atoms with E-state index in [9.17, 15) is 4.79 Å². The fraction of sp³-hybridized carbons (Fsp3) is 0.143. The molecule has 6 heteroatoms. The van der Waals surface area contributed by atoms with Crippen LogP contribution in [0.1, 0.15) is 17.0 Å². The molecular weight excluding hydrogens is 362 g/mol. The van der Waals surface area contributed by atoms with Crippen LogP contribution in [0.3, 0.4) is 0 Å². The summed E-state index contributed by atoms with van der Waals surface area (Å²) in [6.45, 7) is 3.12. The van der Waals surface area contributed by atoms with E-state index in [0.717, 1.165) is 11.4 Å². The molecule has 0 radical (unpaired) electrons. The minimum absolute atomic E-state index is 0.153. The number of hydrogen-bond acceptors (Lipinski definition) is 4. The van der Waals surface area contributed by atoms with Crippen molar-refractivity contribution in [2.45, 2.75) is 20.0 Å². The van der Waals surface area contributed by atoms with Gasteiger partial charge in [-0.05, 0) is 43.3 Å². The summed E-state index contributed by atoms with van der Waals surface area (Å²) in [5.41, 5.74) is 3.34. The fourth-order valence-electron chi connectivity index (χ4n) is 2.99. The van der Waals surface area contributed by atoms with Crippen molar-refractivity contribution in [2.24, 2.45) is 0 Å². The first-order chi connectivity index (χ1) is 13.1. The van der Waals surface area contributed by atoms with Gasteiger partial charge in [-0.2, -0.15) is 0 Å². The Morgan fingerprint density at radius 1 is 1.11 bits per heavy atom. The first-order valence-electron chi connectivity index (χ1n) is 8.60. The van der Waals surface area contributed by atoms with E-state index in [2.05, 4.69) is 41.1 Å². The van der Waals surface area contributed by atoms with Crippen LogP contribution in [0.2, 0.25) is 5.02 Å². The zero-order chi connectivity index (χ0) is 18.8. The summed E-state index contributed by atoms with van der Waals surface area (Å²) in [5.74, 6) is 0.847. The molecule has 27 heavy (non-hydrogen) atoms. The van der Waals surface area contributed by atoms with Gasteiger partial charge in [0, 0.05) is 18.0 Å². The van der Waals surface area contributed by atoms with Crippen molar-refractivity contribution in [1.29, 1.82) is 0 Å². The number of benzene rings is 1. The van der Waals surface area contributed by atoms with Crippen molar-refractivity contribution >= 4 is 22.9 Å². The molecule has 0 amide bonds. The number of pyridine rings is 1. The Morgan fingerprint density at radius 3 is 2.67 bits per heavy atom. The fourth-order valence-corrected chi connectivity index (χ4v) is 3.15. The lowest BCUT2D eigenvalue weighted by Gasteiger charge is -2.24.